The zero-order chi connectivity index (χ0) is 29.0. The predicted octanol–water partition coefficient (Wildman–Crippen LogP) is 4.25. The molecule has 1 fully saturated rings. The number of hydrogen-bond donors (Lipinski definition) is 1. The van der Waals surface area contributed by atoms with Crippen LogP contribution in [0, 0.1) is 24.2 Å². The Morgan fingerprint density at radius 2 is 1.92 bits per heavy atom. The van der Waals surface area contributed by atoms with Gasteiger partial charge in [0, 0.05) is 31.5 Å². The standard InChI is InChI=1S/C19H25F5N4O2.C7H6N2/c1-3-7-27(8-4-2)17(30)12-9-28(10-18(12,20)21)13-6-5-11-14(19(22,23)24)16(29)26-25-15(11)13;1-6-2-3-7(4-8)5-9-6/h12-13H,3-10H2,1-2H3,(H,26,29);2-3,5H,1H3. The lowest BCUT2D eigenvalue weighted by Crippen LogP contribution is -2.44. The third-order valence-corrected chi connectivity index (χ3v) is 6.80. The van der Waals surface area contributed by atoms with E-state index in [-0.39, 0.29) is 30.6 Å². The van der Waals surface area contributed by atoms with Gasteiger partial charge >= 0.3 is 6.18 Å². The molecule has 1 aliphatic carbocycles. The summed E-state index contributed by atoms with van der Waals surface area (Å²) in [7, 11) is 0. The Morgan fingerprint density at radius 3 is 2.46 bits per heavy atom. The van der Waals surface area contributed by atoms with Crippen molar-refractivity contribution in [3.8, 4) is 6.07 Å². The van der Waals surface area contributed by atoms with Crippen molar-refractivity contribution in [2.75, 3.05) is 26.2 Å². The van der Waals surface area contributed by atoms with Crippen LogP contribution in [0.3, 0.4) is 0 Å². The molecule has 1 saturated heterocycles. The molecule has 1 amide bonds. The molecule has 1 aliphatic heterocycles. The molecular weight excluding hydrogens is 523 g/mol. The van der Waals surface area contributed by atoms with Crippen molar-refractivity contribution in [3.05, 3.63) is 56.8 Å². The minimum absolute atomic E-state index is 0.0372. The van der Waals surface area contributed by atoms with E-state index in [2.05, 4.69) is 10.1 Å². The highest BCUT2D eigenvalue weighted by atomic mass is 19.4. The van der Waals surface area contributed by atoms with Crippen LogP contribution in [0.1, 0.15) is 67.2 Å². The number of H-pyrrole nitrogens is 1. The molecule has 212 valence electrons. The first-order valence-corrected chi connectivity index (χ1v) is 12.8. The molecule has 0 saturated carbocycles. The van der Waals surface area contributed by atoms with Crippen molar-refractivity contribution in [1.29, 1.82) is 5.26 Å². The molecule has 13 heteroatoms. The average Bonchev–Trinajstić information content (AvgIpc) is 3.43. The first-order valence-electron chi connectivity index (χ1n) is 12.8. The van der Waals surface area contributed by atoms with Gasteiger partial charge in [0.1, 0.15) is 17.6 Å². The number of carbonyl (C=O) groups excluding carboxylic acids is 1. The Hall–Kier alpha value is -3.40. The maximum absolute atomic E-state index is 14.8. The SMILES string of the molecule is CCCN(CCC)C(=O)C1CN(C2CCc3c2n[nH]c(=O)c3C(F)(F)F)CC1(F)F.Cc1ccc(C#N)cn1. The fourth-order valence-electron chi connectivity index (χ4n) is 5.04. The number of nitriles is 1. The molecule has 0 bridgehead atoms. The number of pyridine rings is 1. The van der Waals surface area contributed by atoms with Crippen LogP contribution in [0.2, 0.25) is 0 Å². The first-order chi connectivity index (χ1) is 18.3. The van der Waals surface area contributed by atoms with Crippen molar-refractivity contribution >= 4 is 5.91 Å². The lowest BCUT2D eigenvalue weighted by molar-refractivity contribution is -0.145. The molecule has 2 atom stereocenters. The van der Waals surface area contributed by atoms with Gasteiger partial charge < -0.3 is 4.90 Å². The average molecular weight is 555 g/mol. The summed E-state index contributed by atoms with van der Waals surface area (Å²) in [4.78, 5) is 31.1. The Labute approximate surface area is 222 Å². The highest BCUT2D eigenvalue weighted by molar-refractivity contribution is 5.80. The Bertz CT molecular complexity index is 1250. The van der Waals surface area contributed by atoms with Crippen LogP contribution in [-0.4, -0.2) is 63.0 Å². The molecule has 2 aromatic rings. The van der Waals surface area contributed by atoms with E-state index in [0.717, 1.165) is 5.69 Å². The third-order valence-electron chi connectivity index (χ3n) is 6.80. The Balaban J connectivity index is 0.000000395. The molecule has 0 radical (unpaired) electrons. The molecule has 0 aromatic carbocycles. The van der Waals surface area contributed by atoms with Gasteiger partial charge in [-0.25, -0.2) is 13.9 Å². The minimum atomic E-state index is -4.86. The van der Waals surface area contributed by atoms with E-state index in [4.69, 9.17) is 5.26 Å². The van der Waals surface area contributed by atoms with Gasteiger partial charge in [-0.05, 0) is 50.3 Å². The molecule has 39 heavy (non-hydrogen) atoms. The maximum Gasteiger partial charge on any atom is 0.422 e. The summed E-state index contributed by atoms with van der Waals surface area (Å²) in [6.45, 7) is 5.36. The number of carbonyl (C=O) groups is 1. The fourth-order valence-corrected chi connectivity index (χ4v) is 5.04. The zero-order valence-corrected chi connectivity index (χ0v) is 22.0. The second-order valence-electron chi connectivity index (χ2n) is 9.71. The molecule has 2 aliphatic rings. The third kappa shape index (κ3) is 6.79. The lowest BCUT2D eigenvalue weighted by atomic mass is 10.0. The Kier molecular flexibility index (Phi) is 9.43. The second kappa shape index (κ2) is 12.2. The van der Waals surface area contributed by atoms with Crippen LogP contribution in [0.25, 0.3) is 0 Å². The van der Waals surface area contributed by atoms with Crippen LogP contribution in [0.15, 0.2) is 23.1 Å². The number of aromatic nitrogens is 3. The summed E-state index contributed by atoms with van der Waals surface area (Å²) in [5, 5.41) is 13.9. The van der Waals surface area contributed by atoms with E-state index in [1.807, 2.05) is 38.0 Å². The zero-order valence-electron chi connectivity index (χ0n) is 22.0. The quantitative estimate of drug-likeness (QED) is 0.536. The predicted molar refractivity (Wildman–Crippen MR) is 132 cm³/mol. The van der Waals surface area contributed by atoms with Gasteiger partial charge in [0.05, 0.1) is 23.8 Å². The summed E-state index contributed by atoms with van der Waals surface area (Å²) in [5.74, 6) is -5.48. The number of likely N-dealkylation sites (tertiary alicyclic amines) is 1. The van der Waals surface area contributed by atoms with E-state index in [0.29, 0.717) is 31.5 Å². The smallest absolute Gasteiger partial charge is 0.342 e. The van der Waals surface area contributed by atoms with Crippen LogP contribution >= 0.6 is 0 Å². The van der Waals surface area contributed by atoms with E-state index in [1.165, 1.54) is 9.80 Å². The lowest BCUT2D eigenvalue weighted by Gasteiger charge is -2.27. The van der Waals surface area contributed by atoms with Gasteiger partial charge in [-0.3, -0.25) is 19.5 Å². The number of nitrogens with zero attached hydrogens (tertiary/aromatic N) is 5. The van der Waals surface area contributed by atoms with Gasteiger partial charge in [-0.1, -0.05) is 13.8 Å². The number of fused-ring (bicyclic) bond motifs is 1. The van der Waals surface area contributed by atoms with Crippen molar-refractivity contribution in [2.24, 2.45) is 5.92 Å². The molecule has 0 spiro atoms. The second-order valence-corrected chi connectivity index (χ2v) is 9.71. The summed E-state index contributed by atoms with van der Waals surface area (Å²) >= 11 is 0. The molecule has 2 unspecified atom stereocenters. The number of hydrogen-bond acceptors (Lipinski definition) is 6. The summed E-state index contributed by atoms with van der Waals surface area (Å²) in [6, 6.07) is 4.76. The summed E-state index contributed by atoms with van der Waals surface area (Å²) in [6.07, 6.45) is -1.96. The number of halogens is 5. The molecular formula is C26H31F5N6O2. The van der Waals surface area contributed by atoms with E-state index >= 15 is 0 Å². The molecule has 8 nitrogen and oxygen atoms in total. The number of aryl methyl sites for hydroxylation is 1. The van der Waals surface area contributed by atoms with E-state index in [1.54, 1.807) is 12.3 Å². The number of nitrogens with one attached hydrogen (secondary N) is 1. The Morgan fingerprint density at radius 1 is 1.26 bits per heavy atom. The van der Waals surface area contributed by atoms with Crippen molar-refractivity contribution in [2.45, 2.75) is 64.6 Å². The summed E-state index contributed by atoms with van der Waals surface area (Å²) in [5.41, 5.74) is -1.38. The number of rotatable bonds is 6. The van der Waals surface area contributed by atoms with Gasteiger partial charge in [0.2, 0.25) is 5.91 Å². The van der Waals surface area contributed by atoms with Gasteiger partial charge in [-0.15, -0.1) is 0 Å². The minimum Gasteiger partial charge on any atom is -0.342 e. The number of aromatic amines is 1. The highest BCUT2D eigenvalue weighted by Crippen LogP contribution is 2.44. The number of amides is 1. The molecule has 3 heterocycles. The van der Waals surface area contributed by atoms with Gasteiger partial charge in [-0.2, -0.15) is 23.5 Å². The van der Waals surface area contributed by atoms with E-state index in [9.17, 15) is 31.5 Å². The fraction of sp³-hybridized carbons (Fsp3) is 0.577. The first kappa shape index (κ1) is 30.1. The highest BCUT2D eigenvalue weighted by Gasteiger charge is 2.55. The molecule has 4 rings (SSSR count). The largest absolute Gasteiger partial charge is 0.422 e. The monoisotopic (exact) mass is 554 g/mol. The molecule has 2 aromatic heterocycles. The van der Waals surface area contributed by atoms with E-state index < -0.39 is 47.6 Å². The van der Waals surface area contributed by atoms with Crippen molar-refractivity contribution in [1.82, 2.24) is 25.0 Å². The van der Waals surface area contributed by atoms with Crippen LogP contribution < -0.4 is 5.56 Å². The summed E-state index contributed by atoms with van der Waals surface area (Å²) < 4.78 is 69.4. The van der Waals surface area contributed by atoms with Crippen LogP contribution in [0.5, 0.6) is 0 Å². The van der Waals surface area contributed by atoms with Gasteiger partial charge in [0.25, 0.3) is 11.5 Å². The maximum atomic E-state index is 14.8. The topological polar surface area (TPSA) is 106 Å². The van der Waals surface area contributed by atoms with Crippen molar-refractivity contribution in [3.63, 3.8) is 0 Å². The van der Waals surface area contributed by atoms with Gasteiger partial charge in [0.15, 0.2) is 0 Å². The normalized spacial score (nSPS) is 20.1. The van der Waals surface area contributed by atoms with Crippen molar-refractivity contribution < 1.29 is 26.7 Å². The molecule has 1 N–H and O–H groups in total. The number of alkyl halides is 5. The van der Waals surface area contributed by atoms with Crippen LogP contribution in [-0.2, 0) is 17.4 Å². The van der Waals surface area contributed by atoms with Crippen LogP contribution in [0.4, 0.5) is 22.0 Å².